The number of rotatable bonds is 3. The van der Waals surface area contributed by atoms with Gasteiger partial charge in [0, 0.05) is 37.8 Å². The SMILES string of the molecule is Cc1ccc2nc(C)c(C(=O)N(C)Cc3cnn(C)c3)cc2c1. The molecule has 5 nitrogen and oxygen atoms in total. The molecule has 23 heavy (non-hydrogen) atoms. The molecule has 0 spiro atoms. The Labute approximate surface area is 135 Å². The quantitative estimate of drug-likeness (QED) is 0.747. The molecule has 0 unspecified atom stereocenters. The van der Waals surface area contributed by atoms with Gasteiger partial charge in [-0.15, -0.1) is 0 Å². The van der Waals surface area contributed by atoms with E-state index in [0.717, 1.165) is 27.7 Å². The third kappa shape index (κ3) is 3.08. The number of fused-ring (bicyclic) bond motifs is 1. The zero-order valence-electron chi connectivity index (χ0n) is 13.9. The lowest BCUT2D eigenvalue weighted by atomic mass is 10.1. The fraction of sp³-hybridized carbons (Fsp3) is 0.278. The first-order valence-corrected chi connectivity index (χ1v) is 7.55. The Hall–Kier alpha value is -2.69. The molecule has 1 amide bonds. The maximum Gasteiger partial charge on any atom is 0.255 e. The summed E-state index contributed by atoms with van der Waals surface area (Å²) in [5, 5.41) is 5.13. The van der Waals surface area contributed by atoms with Gasteiger partial charge < -0.3 is 4.90 Å². The van der Waals surface area contributed by atoms with Crippen molar-refractivity contribution in [1.82, 2.24) is 19.7 Å². The zero-order valence-corrected chi connectivity index (χ0v) is 13.9. The van der Waals surface area contributed by atoms with E-state index in [0.29, 0.717) is 12.1 Å². The van der Waals surface area contributed by atoms with E-state index in [1.807, 2.05) is 45.3 Å². The van der Waals surface area contributed by atoms with Gasteiger partial charge in [-0.3, -0.25) is 14.5 Å². The summed E-state index contributed by atoms with van der Waals surface area (Å²) in [6.45, 7) is 4.44. The Morgan fingerprint density at radius 3 is 2.74 bits per heavy atom. The summed E-state index contributed by atoms with van der Waals surface area (Å²) in [7, 11) is 3.67. The third-order valence-electron chi connectivity index (χ3n) is 3.92. The molecule has 0 saturated heterocycles. The van der Waals surface area contributed by atoms with Gasteiger partial charge in [0.2, 0.25) is 0 Å². The van der Waals surface area contributed by atoms with E-state index in [4.69, 9.17) is 0 Å². The largest absolute Gasteiger partial charge is 0.337 e. The van der Waals surface area contributed by atoms with E-state index in [-0.39, 0.29) is 5.91 Å². The van der Waals surface area contributed by atoms with Crippen LogP contribution in [0.5, 0.6) is 0 Å². The van der Waals surface area contributed by atoms with E-state index >= 15 is 0 Å². The summed E-state index contributed by atoms with van der Waals surface area (Å²) in [6, 6.07) is 8.02. The van der Waals surface area contributed by atoms with Gasteiger partial charge in [-0.2, -0.15) is 5.10 Å². The molecule has 0 aliphatic rings. The highest BCUT2D eigenvalue weighted by Gasteiger charge is 2.16. The number of benzene rings is 1. The molecule has 2 heterocycles. The molecule has 0 bridgehead atoms. The van der Waals surface area contributed by atoms with Crippen LogP contribution in [0.15, 0.2) is 36.7 Å². The number of nitrogens with zero attached hydrogens (tertiary/aromatic N) is 4. The summed E-state index contributed by atoms with van der Waals surface area (Å²) >= 11 is 0. The van der Waals surface area contributed by atoms with Crippen LogP contribution in [0.4, 0.5) is 0 Å². The summed E-state index contributed by atoms with van der Waals surface area (Å²) in [6.07, 6.45) is 3.69. The first kappa shape index (κ1) is 15.2. The van der Waals surface area contributed by atoms with Crippen molar-refractivity contribution in [3.63, 3.8) is 0 Å². The number of amides is 1. The number of aryl methyl sites for hydroxylation is 3. The predicted octanol–water partition coefficient (Wildman–Crippen LogP) is 2.86. The van der Waals surface area contributed by atoms with Crippen LogP contribution in [0.3, 0.4) is 0 Å². The molecule has 0 aliphatic heterocycles. The first-order chi connectivity index (χ1) is 10.9. The van der Waals surface area contributed by atoms with Gasteiger partial charge in [0.1, 0.15) is 0 Å². The Morgan fingerprint density at radius 1 is 1.26 bits per heavy atom. The summed E-state index contributed by atoms with van der Waals surface area (Å²) < 4.78 is 1.74. The van der Waals surface area contributed by atoms with Crippen LogP contribution in [-0.2, 0) is 13.6 Å². The number of carbonyl (C=O) groups excluding carboxylic acids is 1. The van der Waals surface area contributed by atoms with Crippen molar-refractivity contribution in [2.75, 3.05) is 7.05 Å². The molecule has 3 aromatic rings. The monoisotopic (exact) mass is 308 g/mol. The minimum atomic E-state index is -0.0257. The molecule has 3 rings (SSSR count). The van der Waals surface area contributed by atoms with E-state index in [2.05, 4.69) is 16.1 Å². The zero-order chi connectivity index (χ0) is 16.6. The minimum Gasteiger partial charge on any atom is -0.337 e. The molecule has 0 atom stereocenters. The topological polar surface area (TPSA) is 51.0 Å². The number of hydrogen-bond donors (Lipinski definition) is 0. The molecular weight excluding hydrogens is 288 g/mol. The number of hydrogen-bond acceptors (Lipinski definition) is 3. The minimum absolute atomic E-state index is 0.0257. The van der Waals surface area contributed by atoms with Crippen LogP contribution < -0.4 is 0 Å². The fourth-order valence-corrected chi connectivity index (χ4v) is 2.71. The van der Waals surface area contributed by atoms with Crippen LogP contribution in [0.25, 0.3) is 10.9 Å². The summed E-state index contributed by atoms with van der Waals surface area (Å²) in [5.74, 6) is -0.0257. The molecule has 2 aromatic heterocycles. The van der Waals surface area contributed by atoms with Crippen molar-refractivity contribution in [3.05, 3.63) is 59.0 Å². The standard InChI is InChI=1S/C18H20N4O/c1-12-5-6-17-15(7-12)8-16(13(2)20-17)18(23)21(3)10-14-9-19-22(4)11-14/h5-9,11H,10H2,1-4H3. The number of carbonyl (C=O) groups is 1. The van der Waals surface area contributed by atoms with E-state index < -0.39 is 0 Å². The van der Waals surface area contributed by atoms with Crippen molar-refractivity contribution < 1.29 is 4.79 Å². The smallest absolute Gasteiger partial charge is 0.255 e. The lowest BCUT2D eigenvalue weighted by molar-refractivity contribution is 0.0784. The Kier molecular flexibility index (Phi) is 3.86. The molecule has 0 saturated carbocycles. The summed E-state index contributed by atoms with van der Waals surface area (Å²) in [5.41, 5.74) is 4.48. The molecule has 0 fully saturated rings. The average Bonchev–Trinajstić information content (AvgIpc) is 2.91. The Bertz CT molecular complexity index is 882. The molecule has 0 radical (unpaired) electrons. The van der Waals surface area contributed by atoms with Crippen LogP contribution in [0.2, 0.25) is 0 Å². The van der Waals surface area contributed by atoms with Crippen LogP contribution in [0.1, 0.15) is 27.2 Å². The van der Waals surface area contributed by atoms with Crippen molar-refractivity contribution in [2.24, 2.45) is 7.05 Å². The number of pyridine rings is 1. The highest BCUT2D eigenvalue weighted by molar-refractivity contribution is 5.98. The van der Waals surface area contributed by atoms with Gasteiger partial charge in [0.05, 0.1) is 23.0 Å². The molecule has 0 aliphatic carbocycles. The highest BCUT2D eigenvalue weighted by Crippen LogP contribution is 2.19. The fourth-order valence-electron chi connectivity index (χ4n) is 2.71. The van der Waals surface area contributed by atoms with E-state index in [9.17, 15) is 4.79 Å². The van der Waals surface area contributed by atoms with Gasteiger partial charge in [-0.25, -0.2) is 0 Å². The van der Waals surface area contributed by atoms with Crippen molar-refractivity contribution in [2.45, 2.75) is 20.4 Å². The molecule has 0 N–H and O–H groups in total. The third-order valence-corrected chi connectivity index (χ3v) is 3.92. The lowest BCUT2D eigenvalue weighted by Gasteiger charge is -2.17. The summed E-state index contributed by atoms with van der Waals surface area (Å²) in [4.78, 5) is 19.0. The number of aromatic nitrogens is 3. The van der Waals surface area contributed by atoms with E-state index in [1.54, 1.807) is 22.8 Å². The molecule has 1 aromatic carbocycles. The normalized spacial score (nSPS) is 11.0. The van der Waals surface area contributed by atoms with Crippen LogP contribution >= 0.6 is 0 Å². The van der Waals surface area contributed by atoms with Crippen molar-refractivity contribution >= 4 is 16.8 Å². The first-order valence-electron chi connectivity index (χ1n) is 7.55. The van der Waals surface area contributed by atoms with Crippen molar-refractivity contribution in [1.29, 1.82) is 0 Å². The predicted molar refractivity (Wildman–Crippen MR) is 90.2 cm³/mol. The maximum absolute atomic E-state index is 12.8. The average molecular weight is 308 g/mol. The molecular formula is C18H20N4O. The highest BCUT2D eigenvalue weighted by atomic mass is 16.2. The van der Waals surface area contributed by atoms with Crippen molar-refractivity contribution in [3.8, 4) is 0 Å². The second kappa shape index (κ2) is 5.83. The Balaban J connectivity index is 1.91. The second-order valence-electron chi connectivity index (χ2n) is 6.00. The van der Waals surface area contributed by atoms with Gasteiger partial charge in [0.15, 0.2) is 0 Å². The molecule has 118 valence electrons. The van der Waals surface area contributed by atoms with Crippen LogP contribution in [-0.4, -0.2) is 32.6 Å². The van der Waals surface area contributed by atoms with E-state index in [1.165, 1.54) is 0 Å². The van der Waals surface area contributed by atoms with Gasteiger partial charge in [-0.05, 0) is 32.0 Å². The Morgan fingerprint density at radius 2 is 2.04 bits per heavy atom. The van der Waals surface area contributed by atoms with Gasteiger partial charge >= 0.3 is 0 Å². The second-order valence-corrected chi connectivity index (χ2v) is 6.00. The lowest BCUT2D eigenvalue weighted by Crippen LogP contribution is -2.27. The van der Waals surface area contributed by atoms with Gasteiger partial charge in [-0.1, -0.05) is 11.6 Å². The molecule has 5 heteroatoms. The maximum atomic E-state index is 12.8. The van der Waals surface area contributed by atoms with Gasteiger partial charge in [0.25, 0.3) is 5.91 Å². The van der Waals surface area contributed by atoms with Crippen LogP contribution in [0, 0.1) is 13.8 Å².